The van der Waals surface area contributed by atoms with E-state index in [0.29, 0.717) is 12.5 Å². The lowest BCUT2D eigenvalue weighted by atomic mass is 10.0. The Bertz CT molecular complexity index is 405. The molecule has 2 heterocycles. The summed E-state index contributed by atoms with van der Waals surface area (Å²) in [6.07, 6.45) is 3.37. The van der Waals surface area contributed by atoms with Gasteiger partial charge >= 0.3 is 0 Å². The van der Waals surface area contributed by atoms with Gasteiger partial charge in [0.2, 0.25) is 0 Å². The predicted molar refractivity (Wildman–Crippen MR) is 60.0 cm³/mol. The van der Waals surface area contributed by atoms with E-state index < -0.39 is 11.7 Å². The maximum Gasteiger partial charge on any atom is 0.254 e. The van der Waals surface area contributed by atoms with Crippen LogP contribution < -0.4 is 5.32 Å². The third-order valence-corrected chi connectivity index (χ3v) is 3.05. The second kappa shape index (κ2) is 5.23. The highest BCUT2D eigenvalue weighted by Crippen LogP contribution is 2.17. The van der Waals surface area contributed by atoms with Crippen molar-refractivity contribution < 1.29 is 13.9 Å². The number of nitrogens with zero attached hydrogens (tertiary/aromatic N) is 1. The number of halogens is 1. The SMILES string of the molecule is CC(NC(=O)c1ccncc1F)C1CCOC1. The lowest BCUT2D eigenvalue weighted by molar-refractivity contribution is 0.0918. The molecule has 92 valence electrons. The highest BCUT2D eigenvalue weighted by atomic mass is 19.1. The fourth-order valence-corrected chi connectivity index (χ4v) is 1.91. The van der Waals surface area contributed by atoms with Crippen LogP contribution in [-0.2, 0) is 4.74 Å². The van der Waals surface area contributed by atoms with Gasteiger partial charge < -0.3 is 10.1 Å². The molecule has 17 heavy (non-hydrogen) atoms. The van der Waals surface area contributed by atoms with E-state index in [2.05, 4.69) is 10.3 Å². The van der Waals surface area contributed by atoms with E-state index in [9.17, 15) is 9.18 Å². The van der Waals surface area contributed by atoms with Gasteiger partial charge in [-0.05, 0) is 19.4 Å². The molecule has 0 aliphatic carbocycles. The molecule has 2 unspecified atom stereocenters. The van der Waals surface area contributed by atoms with Crippen molar-refractivity contribution in [1.29, 1.82) is 0 Å². The molecule has 1 aliphatic heterocycles. The van der Waals surface area contributed by atoms with Crippen LogP contribution in [0.1, 0.15) is 23.7 Å². The van der Waals surface area contributed by atoms with Gasteiger partial charge in [0.15, 0.2) is 5.82 Å². The van der Waals surface area contributed by atoms with Gasteiger partial charge in [-0.25, -0.2) is 4.39 Å². The molecule has 1 aliphatic rings. The van der Waals surface area contributed by atoms with Crippen molar-refractivity contribution in [1.82, 2.24) is 10.3 Å². The van der Waals surface area contributed by atoms with Gasteiger partial charge in [-0.2, -0.15) is 0 Å². The molecule has 1 N–H and O–H groups in total. The van der Waals surface area contributed by atoms with E-state index in [1.807, 2.05) is 6.92 Å². The zero-order chi connectivity index (χ0) is 12.3. The summed E-state index contributed by atoms with van der Waals surface area (Å²) in [6, 6.07) is 1.36. The van der Waals surface area contributed by atoms with Crippen LogP contribution in [0.5, 0.6) is 0 Å². The number of ether oxygens (including phenoxy) is 1. The van der Waals surface area contributed by atoms with Crippen LogP contribution in [0, 0.1) is 11.7 Å². The fraction of sp³-hybridized carbons (Fsp3) is 0.500. The molecular formula is C12H15FN2O2. The summed E-state index contributed by atoms with van der Waals surface area (Å²) in [5, 5.41) is 2.79. The van der Waals surface area contributed by atoms with Crippen LogP contribution in [-0.4, -0.2) is 30.1 Å². The minimum absolute atomic E-state index is 0.0161. The summed E-state index contributed by atoms with van der Waals surface area (Å²) < 4.78 is 18.6. The standard InChI is InChI=1S/C12H15FN2O2/c1-8(9-3-5-17-7-9)15-12(16)10-2-4-14-6-11(10)13/h2,4,6,8-9H,3,5,7H2,1H3,(H,15,16). The van der Waals surface area contributed by atoms with E-state index in [-0.39, 0.29) is 11.6 Å². The Kier molecular flexibility index (Phi) is 3.68. The first-order valence-electron chi connectivity index (χ1n) is 5.66. The zero-order valence-electron chi connectivity index (χ0n) is 9.65. The number of carbonyl (C=O) groups is 1. The van der Waals surface area contributed by atoms with Gasteiger partial charge in [0.1, 0.15) is 0 Å². The molecule has 0 spiro atoms. The van der Waals surface area contributed by atoms with Crippen molar-refractivity contribution in [2.45, 2.75) is 19.4 Å². The maximum absolute atomic E-state index is 13.3. The van der Waals surface area contributed by atoms with Gasteiger partial charge in [-0.1, -0.05) is 0 Å². The molecule has 2 atom stereocenters. The van der Waals surface area contributed by atoms with E-state index in [1.165, 1.54) is 12.3 Å². The lowest BCUT2D eigenvalue weighted by Gasteiger charge is -2.19. The second-order valence-corrected chi connectivity index (χ2v) is 4.24. The summed E-state index contributed by atoms with van der Waals surface area (Å²) in [7, 11) is 0. The number of nitrogens with one attached hydrogen (secondary N) is 1. The quantitative estimate of drug-likeness (QED) is 0.865. The molecule has 1 aromatic rings. The molecule has 4 nitrogen and oxygen atoms in total. The first-order chi connectivity index (χ1) is 8.18. The van der Waals surface area contributed by atoms with Crippen molar-refractivity contribution in [3.05, 3.63) is 29.8 Å². The number of hydrogen-bond donors (Lipinski definition) is 1. The molecule has 5 heteroatoms. The largest absolute Gasteiger partial charge is 0.381 e. The van der Waals surface area contributed by atoms with Gasteiger partial charge in [-0.3, -0.25) is 9.78 Å². The summed E-state index contributed by atoms with van der Waals surface area (Å²) in [5.74, 6) is -0.687. The highest BCUT2D eigenvalue weighted by Gasteiger charge is 2.24. The van der Waals surface area contributed by atoms with E-state index >= 15 is 0 Å². The number of pyridine rings is 1. The number of rotatable bonds is 3. The van der Waals surface area contributed by atoms with Gasteiger partial charge in [-0.15, -0.1) is 0 Å². The Morgan fingerprint density at radius 1 is 1.71 bits per heavy atom. The number of hydrogen-bond acceptors (Lipinski definition) is 3. The Morgan fingerprint density at radius 2 is 2.53 bits per heavy atom. The van der Waals surface area contributed by atoms with Gasteiger partial charge in [0.25, 0.3) is 5.91 Å². The van der Waals surface area contributed by atoms with Crippen LogP contribution in [0.2, 0.25) is 0 Å². The number of carbonyl (C=O) groups excluding carboxylic acids is 1. The lowest BCUT2D eigenvalue weighted by Crippen LogP contribution is -2.38. The second-order valence-electron chi connectivity index (χ2n) is 4.24. The molecule has 0 bridgehead atoms. The van der Waals surface area contributed by atoms with Gasteiger partial charge in [0.05, 0.1) is 18.4 Å². The Balaban J connectivity index is 1.99. The summed E-state index contributed by atoms with van der Waals surface area (Å²) >= 11 is 0. The van der Waals surface area contributed by atoms with Crippen molar-refractivity contribution >= 4 is 5.91 Å². The van der Waals surface area contributed by atoms with Crippen LogP contribution in [0.3, 0.4) is 0 Å². The van der Waals surface area contributed by atoms with E-state index in [0.717, 1.165) is 19.2 Å². The van der Waals surface area contributed by atoms with E-state index in [4.69, 9.17) is 4.74 Å². The molecule has 1 saturated heterocycles. The molecule has 0 saturated carbocycles. The summed E-state index contributed by atoms with van der Waals surface area (Å²) in [5.41, 5.74) is 0.0331. The molecule has 0 radical (unpaired) electrons. The van der Waals surface area contributed by atoms with Crippen molar-refractivity contribution in [2.24, 2.45) is 5.92 Å². The van der Waals surface area contributed by atoms with Crippen molar-refractivity contribution in [3.8, 4) is 0 Å². The average molecular weight is 238 g/mol. The molecule has 1 aromatic heterocycles. The predicted octanol–water partition coefficient (Wildman–Crippen LogP) is 1.38. The number of amides is 1. The molecule has 0 aromatic carbocycles. The van der Waals surface area contributed by atoms with Crippen LogP contribution in [0.4, 0.5) is 4.39 Å². The third-order valence-electron chi connectivity index (χ3n) is 3.05. The van der Waals surface area contributed by atoms with Gasteiger partial charge in [0, 0.05) is 24.8 Å². The molecule has 1 fully saturated rings. The minimum atomic E-state index is -0.597. The van der Waals surface area contributed by atoms with Crippen LogP contribution in [0.25, 0.3) is 0 Å². The number of aromatic nitrogens is 1. The molecule has 2 rings (SSSR count). The van der Waals surface area contributed by atoms with Crippen LogP contribution in [0.15, 0.2) is 18.5 Å². The highest BCUT2D eigenvalue weighted by molar-refractivity contribution is 5.94. The summed E-state index contributed by atoms with van der Waals surface area (Å²) in [6.45, 7) is 3.30. The average Bonchev–Trinajstić information content (AvgIpc) is 2.82. The Labute approximate surface area is 99.2 Å². The first kappa shape index (κ1) is 12.0. The van der Waals surface area contributed by atoms with Crippen molar-refractivity contribution in [2.75, 3.05) is 13.2 Å². The molecular weight excluding hydrogens is 223 g/mol. The van der Waals surface area contributed by atoms with Crippen LogP contribution >= 0.6 is 0 Å². The smallest absolute Gasteiger partial charge is 0.254 e. The topological polar surface area (TPSA) is 51.2 Å². The first-order valence-corrected chi connectivity index (χ1v) is 5.66. The zero-order valence-corrected chi connectivity index (χ0v) is 9.65. The Morgan fingerprint density at radius 3 is 3.18 bits per heavy atom. The minimum Gasteiger partial charge on any atom is -0.381 e. The molecule has 1 amide bonds. The normalized spacial score (nSPS) is 21.2. The van der Waals surface area contributed by atoms with Crippen molar-refractivity contribution in [3.63, 3.8) is 0 Å². The maximum atomic E-state index is 13.3. The Hall–Kier alpha value is -1.49. The summed E-state index contributed by atoms with van der Waals surface area (Å²) in [4.78, 5) is 15.4. The van der Waals surface area contributed by atoms with E-state index in [1.54, 1.807) is 0 Å². The third kappa shape index (κ3) is 2.79. The fourth-order valence-electron chi connectivity index (χ4n) is 1.91. The monoisotopic (exact) mass is 238 g/mol.